The molecule has 0 radical (unpaired) electrons. The van der Waals surface area contributed by atoms with Crippen LogP contribution in [0.2, 0.25) is 0 Å². The molecule has 1 saturated heterocycles. The maximum absolute atomic E-state index is 13.1. The lowest BCUT2D eigenvalue weighted by Crippen LogP contribution is -2.32. The molecule has 3 heterocycles. The predicted molar refractivity (Wildman–Crippen MR) is 94.9 cm³/mol. The molecular weight excluding hydrogens is 333 g/mol. The van der Waals surface area contributed by atoms with Crippen LogP contribution in [-0.4, -0.2) is 37.9 Å². The Kier molecular flexibility index (Phi) is 4.43. The monoisotopic (exact) mass is 351 g/mol. The van der Waals surface area contributed by atoms with Crippen LogP contribution >= 0.6 is 0 Å². The molecule has 1 fully saturated rings. The first kappa shape index (κ1) is 16.4. The summed E-state index contributed by atoms with van der Waals surface area (Å²) in [6, 6.07) is 7.71. The van der Waals surface area contributed by atoms with E-state index in [1.807, 2.05) is 16.8 Å². The van der Waals surface area contributed by atoms with Crippen molar-refractivity contribution in [1.82, 2.24) is 19.5 Å². The molecule has 132 valence electrons. The summed E-state index contributed by atoms with van der Waals surface area (Å²) in [6.45, 7) is 0.849. The SMILES string of the molecule is O=C(CC1CCCN1c1cc(-n2ccnc2)ncn1)c1ccc(F)cc1. The van der Waals surface area contributed by atoms with Gasteiger partial charge in [0.1, 0.15) is 30.1 Å². The minimum atomic E-state index is -0.336. The summed E-state index contributed by atoms with van der Waals surface area (Å²) in [5, 5.41) is 0. The van der Waals surface area contributed by atoms with Crippen molar-refractivity contribution < 1.29 is 9.18 Å². The molecule has 1 atom stereocenters. The number of Topliss-reactive ketones (excluding diaryl/α,β-unsaturated/α-hetero) is 1. The number of hydrogen-bond donors (Lipinski definition) is 0. The summed E-state index contributed by atoms with van der Waals surface area (Å²) in [6.07, 6.45) is 9.06. The maximum atomic E-state index is 13.1. The molecular formula is C19H18FN5O. The standard InChI is InChI=1S/C19H18FN5O/c20-15-5-3-14(4-6-15)17(26)10-16-2-1-8-25(16)19-11-18(22-12-23-19)24-9-7-21-13-24/h3-7,9,11-13,16H,1-2,8,10H2. The molecule has 0 amide bonds. The average molecular weight is 351 g/mol. The number of benzene rings is 1. The van der Waals surface area contributed by atoms with E-state index in [-0.39, 0.29) is 17.6 Å². The van der Waals surface area contributed by atoms with E-state index in [0.717, 1.165) is 31.0 Å². The van der Waals surface area contributed by atoms with E-state index in [4.69, 9.17) is 0 Å². The normalized spacial score (nSPS) is 16.8. The van der Waals surface area contributed by atoms with Gasteiger partial charge in [0.25, 0.3) is 0 Å². The third kappa shape index (κ3) is 3.33. The van der Waals surface area contributed by atoms with Crippen LogP contribution in [0.4, 0.5) is 10.2 Å². The second-order valence-corrected chi connectivity index (χ2v) is 6.33. The number of rotatable bonds is 5. The van der Waals surface area contributed by atoms with Gasteiger partial charge >= 0.3 is 0 Å². The second kappa shape index (κ2) is 7.03. The van der Waals surface area contributed by atoms with Crippen LogP contribution in [-0.2, 0) is 0 Å². The van der Waals surface area contributed by atoms with Crippen molar-refractivity contribution in [1.29, 1.82) is 0 Å². The fraction of sp³-hybridized carbons (Fsp3) is 0.263. The Morgan fingerprint density at radius 1 is 1.19 bits per heavy atom. The molecule has 6 nitrogen and oxygen atoms in total. The molecule has 0 N–H and O–H groups in total. The minimum Gasteiger partial charge on any atom is -0.353 e. The maximum Gasteiger partial charge on any atom is 0.164 e. The number of carbonyl (C=O) groups is 1. The zero-order valence-electron chi connectivity index (χ0n) is 14.1. The summed E-state index contributed by atoms with van der Waals surface area (Å²) in [4.78, 5) is 27.4. The summed E-state index contributed by atoms with van der Waals surface area (Å²) >= 11 is 0. The van der Waals surface area contributed by atoms with Crippen molar-refractivity contribution in [2.45, 2.75) is 25.3 Å². The Labute approximate surface area is 150 Å². The highest BCUT2D eigenvalue weighted by Crippen LogP contribution is 2.27. The predicted octanol–water partition coefficient (Wildman–Crippen LogP) is 3.04. The van der Waals surface area contributed by atoms with E-state index in [1.165, 1.54) is 18.5 Å². The van der Waals surface area contributed by atoms with E-state index in [2.05, 4.69) is 19.9 Å². The molecule has 26 heavy (non-hydrogen) atoms. The van der Waals surface area contributed by atoms with Crippen molar-refractivity contribution in [2.75, 3.05) is 11.4 Å². The van der Waals surface area contributed by atoms with Crippen molar-refractivity contribution in [3.63, 3.8) is 0 Å². The van der Waals surface area contributed by atoms with Crippen LogP contribution in [0.5, 0.6) is 0 Å². The lowest BCUT2D eigenvalue weighted by Gasteiger charge is -2.25. The van der Waals surface area contributed by atoms with Crippen molar-refractivity contribution >= 4 is 11.6 Å². The fourth-order valence-corrected chi connectivity index (χ4v) is 3.35. The zero-order chi connectivity index (χ0) is 17.9. The highest BCUT2D eigenvalue weighted by Gasteiger charge is 2.28. The van der Waals surface area contributed by atoms with Crippen LogP contribution in [0.1, 0.15) is 29.6 Å². The Balaban J connectivity index is 1.52. The van der Waals surface area contributed by atoms with Gasteiger partial charge in [-0.2, -0.15) is 0 Å². The molecule has 0 aliphatic carbocycles. The number of aromatic nitrogens is 4. The Hall–Kier alpha value is -3.09. The molecule has 2 aromatic heterocycles. The van der Waals surface area contributed by atoms with E-state index < -0.39 is 0 Å². The first-order valence-corrected chi connectivity index (χ1v) is 8.56. The third-order valence-corrected chi connectivity index (χ3v) is 4.67. The number of hydrogen-bond acceptors (Lipinski definition) is 5. The van der Waals surface area contributed by atoms with Gasteiger partial charge < -0.3 is 4.90 Å². The van der Waals surface area contributed by atoms with E-state index in [0.29, 0.717) is 12.0 Å². The molecule has 1 aromatic carbocycles. The second-order valence-electron chi connectivity index (χ2n) is 6.33. The average Bonchev–Trinajstić information content (AvgIpc) is 3.34. The van der Waals surface area contributed by atoms with Crippen LogP contribution in [0, 0.1) is 5.82 Å². The Morgan fingerprint density at radius 2 is 2.00 bits per heavy atom. The van der Waals surface area contributed by atoms with E-state index >= 15 is 0 Å². The topological polar surface area (TPSA) is 63.9 Å². The highest BCUT2D eigenvalue weighted by molar-refractivity contribution is 5.96. The van der Waals surface area contributed by atoms with Crippen LogP contribution in [0.15, 0.2) is 55.4 Å². The largest absolute Gasteiger partial charge is 0.353 e. The van der Waals surface area contributed by atoms with E-state index in [1.54, 1.807) is 24.7 Å². The molecule has 7 heteroatoms. The van der Waals surface area contributed by atoms with Crippen LogP contribution in [0.3, 0.4) is 0 Å². The van der Waals surface area contributed by atoms with Crippen molar-refractivity contribution in [3.05, 3.63) is 66.8 Å². The fourth-order valence-electron chi connectivity index (χ4n) is 3.35. The Bertz CT molecular complexity index is 895. The number of halogens is 1. The quantitative estimate of drug-likeness (QED) is 0.661. The van der Waals surface area contributed by atoms with Gasteiger partial charge in [-0.25, -0.2) is 19.3 Å². The zero-order valence-corrected chi connectivity index (χ0v) is 14.1. The molecule has 0 spiro atoms. The molecule has 0 bridgehead atoms. The van der Waals surface area contributed by atoms with Crippen LogP contribution in [0.25, 0.3) is 5.82 Å². The number of carbonyl (C=O) groups excluding carboxylic acids is 1. The first-order valence-electron chi connectivity index (χ1n) is 8.56. The van der Waals surface area contributed by atoms with Gasteiger partial charge in [-0.1, -0.05) is 0 Å². The van der Waals surface area contributed by atoms with Crippen molar-refractivity contribution in [2.24, 2.45) is 0 Å². The van der Waals surface area contributed by atoms with Gasteiger partial charge in [0.15, 0.2) is 5.78 Å². The molecule has 1 unspecified atom stereocenters. The summed E-state index contributed by atoms with van der Waals surface area (Å²) in [5.74, 6) is 1.23. The number of anilines is 1. The molecule has 1 aliphatic heterocycles. The number of nitrogens with zero attached hydrogens (tertiary/aromatic N) is 5. The molecule has 3 aromatic rings. The lowest BCUT2D eigenvalue weighted by molar-refractivity contribution is 0.0974. The van der Waals surface area contributed by atoms with Crippen LogP contribution < -0.4 is 4.90 Å². The van der Waals surface area contributed by atoms with Gasteiger partial charge in [-0.05, 0) is 37.1 Å². The van der Waals surface area contributed by atoms with Gasteiger partial charge in [0.2, 0.25) is 0 Å². The Morgan fingerprint density at radius 3 is 2.77 bits per heavy atom. The summed E-state index contributed by atoms with van der Waals surface area (Å²) < 4.78 is 14.9. The summed E-state index contributed by atoms with van der Waals surface area (Å²) in [7, 11) is 0. The molecule has 0 saturated carbocycles. The molecule has 4 rings (SSSR count). The van der Waals surface area contributed by atoms with Gasteiger partial charge in [-0.15, -0.1) is 0 Å². The first-order chi connectivity index (χ1) is 12.7. The van der Waals surface area contributed by atoms with E-state index in [9.17, 15) is 9.18 Å². The number of ketones is 1. The highest BCUT2D eigenvalue weighted by atomic mass is 19.1. The lowest BCUT2D eigenvalue weighted by atomic mass is 10.0. The smallest absolute Gasteiger partial charge is 0.164 e. The summed E-state index contributed by atoms with van der Waals surface area (Å²) in [5.41, 5.74) is 0.542. The minimum absolute atomic E-state index is 0.0192. The van der Waals surface area contributed by atoms with Gasteiger partial charge in [0.05, 0.1) is 0 Å². The van der Waals surface area contributed by atoms with Gasteiger partial charge in [0, 0.05) is 43.0 Å². The third-order valence-electron chi connectivity index (χ3n) is 4.67. The van der Waals surface area contributed by atoms with Crippen molar-refractivity contribution in [3.8, 4) is 5.82 Å². The number of imidazole rings is 1. The van der Waals surface area contributed by atoms with Gasteiger partial charge in [-0.3, -0.25) is 9.36 Å². The molecule has 1 aliphatic rings.